The van der Waals surface area contributed by atoms with Crippen molar-refractivity contribution in [3.63, 3.8) is 0 Å². The number of nitrogens with one attached hydrogen (secondary N) is 2. The molecule has 0 fully saturated rings. The molecule has 0 saturated carbocycles. The van der Waals surface area contributed by atoms with Crippen LogP contribution in [0.5, 0.6) is 0 Å². The number of benzene rings is 1. The Hall–Kier alpha value is -4.37. The molecular formula is C27H23F3N8O2S2. The minimum atomic E-state index is -4.60. The second-order valence-corrected chi connectivity index (χ2v) is 12.3. The fourth-order valence-electron chi connectivity index (χ4n) is 4.74. The molecule has 5 heterocycles. The van der Waals surface area contributed by atoms with E-state index >= 15 is 0 Å². The number of sulfonamides is 1. The lowest BCUT2D eigenvalue weighted by Crippen LogP contribution is -2.17. The molecule has 6 rings (SSSR count). The summed E-state index contributed by atoms with van der Waals surface area (Å²) in [4.78, 5) is 17.4. The molecule has 0 aliphatic carbocycles. The van der Waals surface area contributed by atoms with Crippen molar-refractivity contribution in [3.05, 3.63) is 83.0 Å². The lowest BCUT2D eigenvalue weighted by Gasteiger charge is -2.19. The van der Waals surface area contributed by atoms with Crippen LogP contribution >= 0.6 is 11.5 Å². The van der Waals surface area contributed by atoms with Crippen LogP contribution in [0, 0.1) is 13.8 Å². The van der Waals surface area contributed by atoms with Crippen molar-refractivity contribution in [2.75, 3.05) is 16.6 Å². The molecule has 3 aliphatic rings. The molecule has 15 heteroatoms. The van der Waals surface area contributed by atoms with Crippen LogP contribution in [-0.4, -0.2) is 38.9 Å². The molecule has 0 amide bonds. The van der Waals surface area contributed by atoms with Gasteiger partial charge in [0.2, 0.25) is 10.0 Å². The van der Waals surface area contributed by atoms with Crippen molar-refractivity contribution in [1.82, 2.24) is 23.9 Å². The number of hydrogen-bond acceptors (Lipinski definition) is 9. The molecule has 0 radical (unpaired) electrons. The lowest BCUT2D eigenvalue weighted by atomic mass is 9.98. The highest BCUT2D eigenvalue weighted by atomic mass is 32.2. The van der Waals surface area contributed by atoms with Gasteiger partial charge < -0.3 is 9.88 Å². The van der Waals surface area contributed by atoms with Gasteiger partial charge in [-0.25, -0.2) is 13.4 Å². The van der Waals surface area contributed by atoms with E-state index in [0.717, 1.165) is 52.1 Å². The smallest absolute Gasteiger partial charge is 0.369 e. The van der Waals surface area contributed by atoms with Gasteiger partial charge in [0, 0.05) is 42.3 Å². The molecule has 0 spiro atoms. The van der Waals surface area contributed by atoms with Crippen molar-refractivity contribution in [2.24, 2.45) is 4.99 Å². The zero-order valence-electron chi connectivity index (χ0n) is 22.3. The van der Waals surface area contributed by atoms with Gasteiger partial charge in [0.15, 0.2) is 0 Å². The van der Waals surface area contributed by atoms with Gasteiger partial charge in [-0.15, -0.1) is 0 Å². The van der Waals surface area contributed by atoms with Crippen molar-refractivity contribution in [2.45, 2.75) is 32.3 Å². The molecule has 3 aromatic rings. The summed E-state index contributed by atoms with van der Waals surface area (Å²) in [6.45, 7) is 5.13. The van der Waals surface area contributed by atoms with Gasteiger partial charge in [-0.05, 0) is 72.9 Å². The monoisotopic (exact) mass is 612 g/mol. The molecule has 1 aromatic carbocycles. The van der Waals surface area contributed by atoms with Crippen molar-refractivity contribution >= 4 is 38.1 Å². The summed E-state index contributed by atoms with van der Waals surface area (Å²) in [7, 11) is -4.07. The zero-order chi connectivity index (χ0) is 29.6. The van der Waals surface area contributed by atoms with E-state index in [1.807, 2.05) is 30.5 Å². The van der Waals surface area contributed by atoms with Crippen LogP contribution in [0.1, 0.15) is 22.5 Å². The summed E-state index contributed by atoms with van der Waals surface area (Å²) in [6.07, 6.45) is -1.95. The van der Waals surface area contributed by atoms with Gasteiger partial charge in [0.05, 0.1) is 17.0 Å². The molecular weight excluding hydrogens is 589 g/mol. The SMILES string of the molecule is Cc1cc(/N=c2\ncc3cc(-c4cc(NS(=O)(=O)Cc5cc(C(F)(F)F)ccn5)ccc4C)c4n(c-3n2)CCN4)sn1. The number of nitrogens with zero attached hydrogens (tertiary/aromatic N) is 6. The van der Waals surface area contributed by atoms with Crippen molar-refractivity contribution in [3.8, 4) is 22.5 Å². The number of pyridine rings is 2. The Kier molecular flexibility index (Phi) is 6.93. The van der Waals surface area contributed by atoms with Crippen LogP contribution in [0.4, 0.5) is 29.7 Å². The molecule has 2 aromatic heterocycles. The molecule has 0 atom stereocenters. The minimum absolute atomic E-state index is 0.214. The first-order valence-corrected chi connectivity index (χ1v) is 15.1. The number of hydrogen-bond donors (Lipinski definition) is 2. The molecule has 3 aliphatic heterocycles. The summed E-state index contributed by atoms with van der Waals surface area (Å²) in [5.74, 6) is 0.809. The first kappa shape index (κ1) is 27.8. The summed E-state index contributed by atoms with van der Waals surface area (Å²) >= 11 is 1.27. The first-order valence-electron chi connectivity index (χ1n) is 12.7. The highest BCUT2D eigenvalue weighted by molar-refractivity contribution is 7.91. The average molecular weight is 613 g/mol. The minimum Gasteiger partial charge on any atom is -0.369 e. The van der Waals surface area contributed by atoms with E-state index in [0.29, 0.717) is 29.5 Å². The molecule has 10 nitrogen and oxygen atoms in total. The van der Waals surface area contributed by atoms with E-state index in [9.17, 15) is 21.6 Å². The summed E-state index contributed by atoms with van der Waals surface area (Å²) in [5.41, 5.74) is 3.54. The topological polar surface area (TPSA) is 127 Å². The van der Waals surface area contributed by atoms with E-state index in [2.05, 4.69) is 29.4 Å². The van der Waals surface area contributed by atoms with E-state index in [4.69, 9.17) is 4.98 Å². The Morgan fingerprint density at radius 1 is 1.10 bits per heavy atom. The Labute approximate surface area is 242 Å². The van der Waals surface area contributed by atoms with E-state index < -0.39 is 27.5 Å². The number of aromatic nitrogens is 5. The number of rotatable bonds is 6. The van der Waals surface area contributed by atoms with Crippen molar-refractivity contribution < 1.29 is 21.6 Å². The molecule has 0 unspecified atom stereocenters. The molecule has 2 N–H and O–H groups in total. The largest absolute Gasteiger partial charge is 0.416 e. The Morgan fingerprint density at radius 3 is 2.69 bits per heavy atom. The van der Waals surface area contributed by atoms with Gasteiger partial charge in [0.25, 0.3) is 5.62 Å². The van der Waals surface area contributed by atoms with E-state index in [1.165, 1.54) is 11.5 Å². The standard InChI is InChI=1S/C27H23F3N8O2S2/c1-15-3-4-19(37-42(39,40)14-20-11-18(5-6-31-20)27(28,29)30)12-21(15)22-10-17-13-33-26(34-23-9-16(2)36-41-23)35-24(17)38-8-7-32-25(22)38/h3-6,9-13,32,37H,7-8,14H2,1-2H3/b34-26+. The third kappa shape index (κ3) is 5.69. The average Bonchev–Trinajstić information content (AvgIpc) is 3.58. The third-order valence-corrected chi connectivity index (χ3v) is 8.60. The Balaban J connectivity index is 1.34. The second kappa shape index (κ2) is 10.5. The maximum atomic E-state index is 13.1. The van der Waals surface area contributed by atoms with Crippen LogP contribution in [0.3, 0.4) is 0 Å². The molecule has 0 saturated heterocycles. The highest BCUT2D eigenvalue weighted by Crippen LogP contribution is 2.39. The van der Waals surface area contributed by atoms with Crippen LogP contribution in [0.25, 0.3) is 22.5 Å². The number of alkyl halides is 3. The zero-order valence-corrected chi connectivity index (χ0v) is 23.9. The fraction of sp³-hybridized carbons (Fsp3) is 0.222. The summed E-state index contributed by atoms with van der Waals surface area (Å²) in [6, 6.07) is 10.4. The maximum Gasteiger partial charge on any atom is 0.416 e. The second-order valence-electron chi connectivity index (χ2n) is 9.78. The Morgan fingerprint density at radius 2 is 1.93 bits per heavy atom. The summed E-state index contributed by atoms with van der Waals surface area (Å²) < 4.78 is 73.8. The number of halogens is 3. The van der Waals surface area contributed by atoms with Gasteiger partial charge in [-0.2, -0.15) is 27.5 Å². The highest BCUT2D eigenvalue weighted by Gasteiger charge is 2.31. The summed E-state index contributed by atoms with van der Waals surface area (Å²) in [5, 5.41) is 4.11. The first-order chi connectivity index (χ1) is 19.9. The molecule has 216 valence electrons. The van der Waals surface area contributed by atoms with Crippen LogP contribution in [0.2, 0.25) is 0 Å². The van der Waals surface area contributed by atoms with Crippen LogP contribution < -0.4 is 15.7 Å². The fourth-order valence-corrected chi connectivity index (χ4v) is 6.48. The van der Waals surface area contributed by atoms with Crippen LogP contribution in [-0.2, 0) is 28.5 Å². The lowest BCUT2D eigenvalue weighted by molar-refractivity contribution is -0.137. The van der Waals surface area contributed by atoms with E-state index in [-0.39, 0.29) is 11.4 Å². The maximum absolute atomic E-state index is 13.1. The van der Waals surface area contributed by atoms with Gasteiger partial charge in [-0.3, -0.25) is 9.71 Å². The van der Waals surface area contributed by atoms with Gasteiger partial charge >= 0.3 is 6.18 Å². The van der Waals surface area contributed by atoms with Crippen molar-refractivity contribution in [1.29, 1.82) is 0 Å². The number of fused-ring (bicyclic) bond motifs is 3. The predicted molar refractivity (Wildman–Crippen MR) is 153 cm³/mol. The van der Waals surface area contributed by atoms with E-state index in [1.54, 1.807) is 24.4 Å². The number of aryl methyl sites for hydroxylation is 2. The molecule has 42 heavy (non-hydrogen) atoms. The number of anilines is 2. The normalized spacial score (nSPS) is 13.8. The third-order valence-electron chi connectivity index (χ3n) is 6.60. The van der Waals surface area contributed by atoms with Crippen LogP contribution in [0.15, 0.2) is 59.9 Å². The van der Waals surface area contributed by atoms with Gasteiger partial charge in [-0.1, -0.05) is 6.07 Å². The Bertz CT molecular complexity index is 1970. The van der Waals surface area contributed by atoms with Gasteiger partial charge in [0.1, 0.15) is 22.4 Å². The quantitative estimate of drug-likeness (QED) is 0.272. The molecule has 0 bridgehead atoms. The predicted octanol–water partition coefficient (Wildman–Crippen LogP) is 5.14.